The highest BCUT2D eigenvalue weighted by Crippen LogP contribution is 2.25. The van der Waals surface area contributed by atoms with Gasteiger partial charge in [-0.25, -0.2) is 9.18 Å². The number of ether oxygens (including phenoxy) is 3. The number of likely N-dealkylation sites (tertiary alicyclic amines) is 1. The van der Waals surface area contributed by atoms with E-state index in [0.717, 1.165) is 37.1 Å². The molecule has 2 aromatic rings. The molecule has 0 aliphatic carbocycles. The number of hydrogen-bond acceptors (Lipinski definition) is 5. The molecule has 1 aliphatic heterocycles. The molecule has 0 saturated carbocycles. The van der Waals surface area contributed by atoms with E-state index in [1.807, 2.05) is 25.1 Å². The van der Waals surface area contributed by atoms with E-state index in [-0.39, 0.29) is 24.5 Å². The van der Waals surface area contributed by atoms with Crippen LogP contribution in [0.2, 0.25) is 0 Å². The van der Waals surface area contributed by atoms with E-state index in [9.17, 15) is 9.18 Å². The Labute approximate surface area is 215 Å². The molecule has 1 heterocycles. The highest BCUT2D eigenvalue weighted by atomic mass is 19.1. The van der Waals surface area contributed by atoms with E-state index in [0.29, 0.717) is 43.8 Å². The van der Waals surface area contributed by atoms with Crippen molar-refractivity contribution in [1.82, 2.24) is 4.90 Å². The Balaban J connectivity index is 1.46. The number of hydrogen-bond donors (Lipinski definition) is 0. The van der Waals surface area contributed by atoms with Gasteiger partial charge in [-0.1, -0.05) is 43.3 Å². The Bertz CT molecular complexity index is 966. The molecule has 5 nitrogen and oxygen atoms in total. The fourth-order valence-corrected chi connectivity index (χ4v) is 4.95. The topological polar surface area (TPSA) is 48.0 Å². The zero-order valence-electron chi connectivity index (χ0n) is 22.3. The highest BCUT2D eigenvalue weighted by molar-refractivity contribution is 5.70. The maximum atomic E-state index is 14.0. The summed E-state index contributed by atoms with van der Waals surface area (Å²) < 4.78 is 30.7. The van der Waals surface area contributed by atoms with Gasteiger partial charge in [-0.2, -0.15) is 0 Å². The molecule has 1 saturated heterocycles. The first kappa shape index (κ1) is 28.3. The molecule has 2 aromatic carbocycles. The first-order valence-corrected chi connectivity index (χ1v) is 13.3. The third kappa shape index (κ3) is 8.68. The standard InChI is InChI=1S/C30H42FNO4/c1-5-35-30(33)21-34-16-14-26-9-6-7-11-28(26)24(4)36-20-22(2)19-32-15-8-10-27(32)17-25-13-12-23(3)29(31)18-25/h6-7,9,11-13,18,22,24,27H,5,8,10,14-17,19-21H2,1-4H3/t22?,24-,27+/m1/s1. The number of halogens is 1. The monoisotopic (exact) mass is 499 g/mol. The van der Waals surface area contributed by atoms with Crippen molar-refractivity contribution in [2.75, 3.05) is 39.5 Å². The van der Waals surface area contributed by atoms with Gasteiger partial charge in [-0.05, 0) is 87.2 Å². The predicted molar refractivity (Wildman–Crippen MR) is 141 cm³/mol. The summed E-state index contributed by atoms with van der Waals surface area (Å²) in [5, 5.41) is 0. The maximum Gasteiger partial charge on any atom is 0.332 e. The van der Waals surface area contributed by atoms with Crippen LogP contribution in [0.4, 0.5) is 4.39 Å². The van der Waals surface area contributed by atoms with Crippen molar-refractivity contribution in [2.24, 2.45) is 5.92 Å². The van der Waals surface area contributed by atoms with Gasteiger partial charge in [0, 0.05) is 12.6 Å². The van der Waals surface area contributed by atoms with Crippen molar-refractivity contribution in [3.63, 3.8) is 0 Å². The lowest BCUT2D eigenvalue weighted by molar-refractivity contribution is -0.148. The quantitative estimate of drug-likeness (QED) is 0.247. The molecular weight excluding hydrogens is 457 g/mol. The molecule has 1 fully saturated rings. The number of aryl methyl sites for hydroxylation is 1. The van der Waals surface area contributed by atoms with Gasteiger partial charge >= 0.3 is 5.97 Å². The average molecular weight is 500 g/mol. The minimum atomic E-state index is -0.331. The van der Waals surface area contributed by atoms with Crippen molar-refractivity contribution < 1.29 is 23.4 Å². The van der Waals surface area contributed by atoms with Gasteiger partial charge in [-0.15, -0.1) is 0 Å². The van der Waals surface area contributed by atoms with Crippen LogP contribution in [0.3, 0.4) is 0 Å². The molecule has 0 amide bonds. The first-order valence-electron chi connectivity index (χ1n) is 13.3. The van der Waals surface area contributed by atoms with Crippen LogP contribution >= 0.6 is 0 Å². The second kappa shape index (κ2) is 14.5. The summed E-state index contributed by atoms with van der Waals surface area (Å²) in [5.74, 6) is -0.0516. The van der Waals surface area contributed by atoms with Crippen LogP contribution in [0.25, 0.3) is 0 Å². The summed E-state index contributed by atoms with van der Waals surface area (Å²) >= 11 is 0. The SMILES string of the molecule is CCOC(=O)COCCc1ccccc1[C@@H](C)OCC(C)CN1CCC[C@H]1Cc1ccc(C)c(F)c1. The molecule has 36 heavy (non-hydrogen) atoms. The van der Waals surface area contributed by atoms with E-state index < -0.39 is 0 Å². The van der Waals surface area contributed by atoms with Crippen LogP contribution in [0.1, 0.15) is 62.0 Å². The van der Waals surface area contributed by atoms with Gasteiger partial charge in [0.15, 0.2) is 0 Å². The Kier molecular flexibility index (Phi) is 11.4. The van der Waals surface area contributed by atoms with Crippen molar-refractivity contribution in [3.8, 4) is 0 Å². The van der Waals surface area contributed by atoms with E-state index >= 15 is 0 Å². The van der Waals surface area contributed by atoms with Gasteiger partial charge in [-0.3, -0.25) is 4.90 Å². The summed E-state index contributed by atoms with van der Waals surface area (Å²) in [7, 11) is 0. The molecule has 6 heteroatoms. The smallest absolute Gasteiger partial charge is 0.332 e. The van der Waals surface area contributed by atoms with E-state index in [4.69, 9.17) is 14.2 Å². The average Bonchev–Trinajstić information content (AvgIpc) is 3.29. The third-order valence-corrected chi connectivity index (χ3v) is 6.92. The van der Waals surface area contributed by atoms with E-state index in [1.54, 1.807) is 13.0 Å². The zero-order chi connectivity index (χ0) is 25.9. The second-order valence-corrected chi connectivity index (χ2v) is 9.97. The van der Waals surface area contributed by atoms with Crippen LogP contribution in [0.15, 0.2) is 42.5 Å². The first-order chi connectivity index (χ1) is 17.4. The van der Waals surface area contributed by atoms with Gasteiger partial charge in [0.2, 0.25) is 0 Å². The lowest BCUT2D eigenvalue weighted by atomic mass is 10.0. The van der Waals surface area contributed by atoms with Crippen LogP contribution < -0.4 is 0 Å². The van der Waals surface area contributed by atoms with Crippen molar-refractivity contribution in [2.45, 2.75) is 65.5 Å². The molecule has 3 atom stereocenters. The van der Waals surface area contributed by atoms with Gasteiger partial charge in [0.25, 0.3) is 0 Å². The number of rotatable bonds is 14. The number of esters is 1. The molecule has 198 valence electrons. The Hall–Kier alpha value is -2.28. The second-order valence-electron chi connectivity index (χ2n) is 9.97. The summed E-state index contributed by atoms with van der Waals surface area (Å²) in [6.45, 7) is 11.5. The predicted octanol–water partition coefficient (Wildman–Crippen LogP) is 5.68. The summed E-state index contributed by atoms with van der Waals surface area (Å²) in [5.41, 5.74) is 4.11. The van der Waals surface area contributed by atoms with Crippen LogP contribution in [-0.4, -0.2) is 56.4 Å². The molecule has 1 aliphatic rings. The van der Waals surface area contributed by atoms with Gasteiger partial charge in [0.1, 0.15) is 12.4 Å². The molecule has 3 rings (SSSR count). The summed E-state index contributed by atoms with van der Waals surface area (Å²) in [4.78, 5) is 14.0. The van der Waals surface area contributed by atoms with Crippen LogP contribution in [0, 0.1) is 18.7 Å². The minimum Gasteiger partial charge on any atom is -0.464 e. The van der Waals surface area contributed by atoms with Gasteiger partial charge in [0.05, 0.1) is 25.9 Å². The largest absolute Gasteiger partial charge is 0.464 e. The Morgan fingerprint density at radius 1 is 1.19 bits per heavy atom. The van der Waals surface area contributed by atoms with Crippen molar-refractivity contribution in [3.05, 3.63) is 70.5 Å². The van der Waals surface area contributed by atoms with Crippen LogP contribution in [0.5, 0.6) is 0 Å². The normalized spacial score (nSPS) is 17.8. The number of nitrogens with zero attached hydrogens (tertiary/aromatic N) is 1. The number of benzene rings is 2. The molecule has 0 radical (unpaired) electrons. The fourth-order valence-electron chi connectivity index (χ4n) is 4.95. The van der Waals surface area contributed by atoms with Crippen molar-refractivity contribution >= 4 is 5.97 Å². The molecule has 0 N–H and O–H groups in total. The molecule has 0 bridgehead atoms. The van der Waals surface area contributed by atoms with E-state index in [1.165, 1.54) is 12.0 Å². The highest BCUT2D eigenvalue weighted by Gasteiger charge is 2.26. The third-order valence-electron chi connectivity index (χ3n) is 6.92. The Morgan fingerprint density at radius 3 is 2.78 bits per heavy atom. The molecular formula is C30H42FNO4. The molecule has 1 unspecified atom stereocenters. The van der Waals surface area contributed by atoms with E-state index in [2.05, 4.69) is 36.9 Å². The fraction of sp³-hybridized carbons (Fsp3) is 0.567. The summed E-state index contributed by atoms with van der Waals surface area (Å²) in [6.07, 6.45) is 3.93. The Morgan fingerprint density at radius 2 is 2.00 bits per heavy atom. The summed E-state index contributed by atoms with van der Waals surface area (Å²) in [6, 6.07) is 14.3. The molecule has 0 spiro atoms. The van der Waals surface area contributed by atoms with Crippen molar-refractivity contribution in [1.29, 1.82) is 0 Å². The number of carbonyl (C=O) groups excluding carboxylic acids is 1. The van der Waals surface area contributed by atoms with Crippen LogP contribution in [-0.2, 0) is 31.8 Å². The lowest BCUT2D eigenvalue weighted by Gasteiger charge is -2.28. The van der Waals surface area contributed by atoms with Gasteiger partial charge < -0.3 is 14.2 Å². The maximum absolute atomic E-state index is 14.0. The lowest BCUT2D eigenvalue weighted by Crippen LogP contribution is -2.36. The zero-order valence-corrected chi connectivity index (χ0v) is 22.3. The molecule has 0 aromatic heterocycles. The minimum absolute atomic E-state index is 0.0179. The number of carbonyl (C=O) groups is 1.